The third-order valence-electron chi connectivity index (χ3n) is 4.84. The first kappa shape index (κ1) is 21.9. The molecule has 0 unspecified atom stereocenters. The molecule has 156 valence electrons. The lowest BCUT2D eigenvalue weighted by Gasteiger charge is -2.12. The molecule has 0 amide bonds. The van der Waals surface area contributed by atoms with Crippen LogP contribution in [0.4, 0.5) is 10.2 Å². The Hall–Kier alpha value is -1.81. The molecule has 1 aliphatic rings. The number of allylic oxidation sites excluding steroid dienone is 5. The summed E-state index contributed by atoms with van der Waals surface area (Å²) >= 11 is 2.33. The van der Waals surface area contributed by atoms with Crippen LogP contribution in [0.1, 0.15) is 38.9 Å². The predicted octanol–water partition coefficient (Wildman–Crippen LogP) is 4.32. The van der Waals surface area contributed by atoms with E-state index in [0.29, 0.717) is 30.0 Å². The highest BCUT2D eigenvalue weighted by atomic mass is 127. The number of fused-ring (bicyclic) bond motifs is 1. The summed E-state index contributed by atoms with van der Waals surface area (Å²) in [6, 6.07) is 0. The van der Waals surface area contributed by atoms with Gasteiger partial charge in [0.25, 0.3) is 0 Å². The van der Waals surface area contributed by atoms with E-state index in [-0.39, 0.29) is 5.82 Å². The van der Waals surface area contributed by atoms with Crippen molar-refractivity contribution in [3.63, 3.8) is 0 Å². The number of rotatable bonds is 9. The minimum absolute atomic E-state index is 0.0644. The van der Waals surface area contributed by atoms with Crippen LogP contribution < -0.4 is 11.1 Å². The molecule has 0 fully saturated rings. The summed E-state index contributed by atoms with van der Waals surface area (Å²) in [6.45, 7) is 10.8. The minimum Gasteiger partial charge on any atom is -0.382 e. The first-order valence-electron chi connectivity index (χ1n) is 9.98. The summed E-state index contributed by atoms with van der Waals surface area (Å²) < 4.78 is 16.8. The fraction of sp³-hybridized carbons (Fsp3) is 0.476. The van der Waals surface area contributed by atoms with Crippen LogP contribution in [0.15, 0.2) is 33.5 Å². The van der Waals surface area contributed by atoms with Crippen molar-refractivity contribution < 1.29 is 4.39 Å². The molecular formula is C21H28FIN6. The van der Waals surface area contributed by atoms with Gasteiger partial charge in [-0.2, -0.15) is 14.4 Å². The molecule has 2 aromatic heterocycles. The van der Waals surface area contributed by atoms with Crippen LogP contribution in [0.5, 0.6) is 0 Å². The Labute approximate surface area is 184 Å². The Bertz CT molecular complexity index is 960. The second-order valence-electron chi connectivity index (χ2n) is 7.77. The summed E-state index contributed by atoms with van der Waals surface area (Å²) in [5, 5.41) is 3.41. The van der Waals surface area contributed by atoms with E-state index < -0.39 is 6.08 Å². The van der Waals surface area contributed by atoms with Gasteiger partial charge in [-0.25, -0.2) is 4.98 Å². The van der Waals surface area contributed by atoms with Gasteiger partial charge in [-0.1, -0.05) is 32.1 Å². The van der Waals surface area contributed by atoms with Crippen LogP contribution in [-0.2, 0) is 13.0 Å². The van der Waals surface area contributed by atoms with E-state index in [2.05, 4.69) is 75.4 Å². The van der Waals surface area contributed by atoms with Gasteiger partial charge in [0, 0.05) is 23.1 Å². The van der Waals surface area contributed by atoms with Crippen molar-refractivity contribution in [1.82, 2.24) is 24.8 Å². The Morgan fingerprint density at radius 2 is 2.21 bits per heavy atom. The Morgan fingerprint density at radius 3 is 2.90 bits per heavy atom. The number of nitrogens with one attached hydrogen (secondary N) is 1. The number of aromatic nitrogens is 4. The fourth-order valence-corrected chi connectivity index (χ4v) is 3.95. The van der Waals surface area contributed by atoms with Gasteiger partial charge in [-0.3, -0.25) is 0 Å². The number of hydrogen-bond acceptors (Lipinski definition) is 5. The van der Waals surface area contributed by atoms with Gasteiger partial charge in [0.1, 0.15) is 5.82 Å². The molecule has 29 heavy (non-hydrogen) atoms. The van der Waals surface area contributed by atoms with Crippen molar-refractivity contribution in [3.8, 4) is 0 Å². The molecular weight excluding hydrogens is 482 g/mol. The minimum atomic E-state index is -0.834. The molecule has 6 nitrogen and oxygen atoms in total. The molecule has 0 radical (unpaired) electrons. The molecule has 0 spiro atoms. The Kier molecular flexibility index (Phi) is 7.39. The van der Waals surface area contributed by atoms with Crippen LogP contribution in [-0.4, -0.2) is 32.6 Å². The van der Waals surface area contributed by atoms with E-state index in [0.717, 1.165) is 40.9 Å². The number of nitrogens with two attached hydrogens (primary N) is 1. The number of anilines is 1. The quantitative estimate of drug-likeness (QED) is 0.227. The van der Waals surface area contributed by atoms with Gasteiger partial charge in [0.2, 0.25) is 0 Å². The highest BCUT2D eigenvalue weighted by Crippen LogP contribution is 2.28. The maximum Gasteiger partial charge on any atom is 0.312 e. The predicted molar refractivity (Wildman–Crippen MR) is 124 cm³/mol. The van der Waals surface area contributed by atoms with Gasteiger partial charge in [-0.05, 0) is 66.0 Å². The molecule has 0 atom stereocenters. The Balaban J connectivity index is 1.85. The van der Waals surface area contributed by atoms with Gasteiger partial charge >= 0.3 is 6.08 Å². The summed E-state index contributed by atoms with van der Waals surface area (Å²) in [5.74, 6) is 1.39. The lowest BCUT2D eigenvalue weighted by atomic mass is 10.1. The molecule has 0 aromatic carbocycles. The lowest BCUT2D eigenvalue weighted by Crippen LogP contribution is -2.25. The molecule has 0 aliphatic heterocycles. The molecule has 0 saturated heterocycles. The van der Waals surface area contributed by atoms with Crippen LogP contribution in [0.2, 0.25) is 0 Å². The third kappa shape index (κ3) is 5.63. The molecule has 3 rings (SSSR count). The molecule has 2 heterocycles. The first-order chi connectivity index (χ1) is 13.8. The largest absolute Gasteiger partial charge is 0.382 e. The molecule has 2 aromatic rings. The van der Waals surface area contributed by atoms with E-state index >= 15 is 0 Å². The number of nitrogens with zero attached hydrogens (tertiary/aromatic N) is 4. The topological polar surface area (TPSA) is 81.7 Å². The normalized spacial score (nSPS) is 14.8. The van der Waals surface area contributed by atoms with Crippen LogP contribution in [0, 0.1) is 12.0 Å². The van der Waals surface area contributed by atoms with E-state index in [9.17, 15) is 4.39 Å². The molecule has 3 N–H and O–H groups in total. The summed E-state index contributed by atoms with van der Waals surface area (Å²) in [6.07, 6.45) is 7.66. The van der Waals surface area contributed by atoms with E-state index in [4.69, 9.17) is 5.73 Å². The van der Waals surface area contributed by atoms with Crippen molar-refractivity contribution in [2.45, 2.75) is 46.1 Å². The summed E-state index contributed by atoms with van der Waals surface area (Å²) in [4.78, 5) is 12.2. The average molecular weight is 510 g/mol. The third-order valence-corrected chi connectivity index (χ3v) is 5.91. The summed E-state index contributed by atoms with van der Waals surface area (Å²) in [5.41, 5.74) is 9.11. The maximum absolute atomic E-state index is 13.8. The van der Waals surface area contributed by atoms with Crippen LogP contribution >= 0.6 is 22.6 Å². The fourth-order valence-electron chi connectivity index (χ4n) is 3.36. The van der Waals surface area contributed by atoms with Gasteiger partial charge < -0.3 is 15.6 Å². The molecule has 0 saturated carbocycles. The van der Waals surface area contributed by atoms with Crippen molar-refractivity contribution in [2.75, 3.05) is 18.8 Å². The zero-order valence-corrected chi connectivity index (χ0v) is 19.2. The number of imidazole rings is 1. The lowest BCUT2D eigenvalue weighted by molar-refractivity contribution is 0.517. The molecule has 0 bridgehead atoms. The van der Waals surface area contributed by atoms with Crippen molar-refractivity contribution in [1.29, 1.82) is 0 Å². The molecule has 1 aliphatic carbocycles. The van der Waals surface area contributed by atoms with Crippen molar-refractivity contribution in [3.05, 3.63) is 45.4 Å². The standard InChI is InChI=1S/C21H28FIN6/c1-13(2)12-25-8-9-29-17(26-18-19(24)27-21(22)28-20(18)29)10-14(3)16(23)11-15-6-4-5-7-15/h6,11,13,25H,3-5,7-10,12H2,1-2H3,(H2,24,27,28)/b16-11+. The highest BCUT2D eigenvalue weighted by Gasteiger charge is 2.18. The highest BCUT2D eigenvalue weighted by molar-refractivity contribution is 14.1. The SMILES string of the molecule is C=C(Cc1nc2c(N)nc(F)nc2n1CCNCC(C)C)/C(I)=C\C1=CCCC1. The number of nitrogen functional groups attached to an aromatic ring is 1. The summed E-state index contributed by atoms with van der Waals surface area (Å²) in [7, 11) is 0. The van der Waals surface area contributed by atoms with E-state index in [1.807, 2.05) is 4.57 Å². The van der Waals surface area contributed by atoms with Crippen LogP contribution in [0.25, 0.3) is 11.2 Å². The van der Waals surface area contributed by atoms with Crippen molar-refractivity contribution in [2.24, 2.45) is 5.92 Å². The zero-order chi connectivity index (χ0) is 21.0. The first-order valence-corrected chi connectivity index (χ1v) is 11.1. The number of hydrogen-bond donors (Lipinski definition) is 2. The van der Waals surface area contributed by atoms with Crippen LogP contribution in [0.3, 0.4) is 0 Å². The zero-order valence-electron chi connectivity index (χ0n) is 17.0. The van der Waals surface area contributed by atoms with Crippen molar-refractivity contribution >= 4 is 39.6 Å². The van der Waals surface area contributed by atoms with Gasteiger partial charge in [0.05, 0.1) is 0 Å². The van der Waals surface area contributed by atoms with E-state index in [1.54, 1.807) is 0 Å². The smallest absolute Gasteiger partial charge is 0.312 e. The van der Waals surface area contributed by atoms with E-state index in [1.165, 1.54) is 12.0 Å². The Morgan fingerprint density at radius 1 is 1.41 bits per heavy atom. The van der Waals surface area contributed by atoms with Gasteiger partial charge in [-0.15, -0.1) is 0 Å². The monoisotopic (exact) mass is 510 g/mol. The van der Waals surface area contributed by atoms with Gasteiger partial charge in [0.15, 0.2) is 17.0 Å². The maximum atomic E-state index is 13.8. The molecule has 8 heteroatoms. The average Bonchev–Trinajstić information content (AvgIpc) is 3.27. The second-order valence-corrected chi connectivity index (χ2v) is 8.93. The second kappa shape index (κ2) is 9.80. The number of halogens is 2.